The van der Waals surface area contributed by atoms with Crippen LogP contribution in [0.5, 0.6) is 0 Å². The Balaban J connectivity index is 3.34. The Bertz CT molecular complexity index is 72.5. The molecule has 0 aliphatic heterocycles. The molecule has 0 saturated heterocycles. The maximum Gasteiger partial charge on any atom is 0.0597 e. The number of ether oxygens (including phenoxy) is 1. The lowest BCUT2D eigenvalue weighted by Gasteiger charge is -2.14. The smallest absolute Gasteiger partial charge is 0.0597 e. The van der Waals surface area contributed by atoms with Crippen LogP contribution in [0.15, 0.2) is 0 Å². The standard InChI is InChI=1S/C8H17BrO2/c1-2-3-8(4-6-10)11-7-5-9/h8,10H,2-7H2,1H3. The highest BCUT2D eigenvalue weighted by atomic mass is 79.9. The Hall–Kier alpha value is 0.400. The average Bonchev–Trinajstić information content (AvgIpc) is 2.01. The molecule has 1 unspecified atom stereocenters. The zero-order valence-electron chi connectivity index (χ0n) is 7.05. The molecule has 0 spiro atoms. The molecule has 0 aliphatic rings. The van der Waals surface area contributed by atoms with Gasteiger partial charge in [-0.1, -0.05) is 29.3 Å². The number of halogens is 1. The second kappa shape index (κ2) is 8.50. The van der Waals surface area contributed by atoms with Gasteiger partial charge in [-0.25, -0.2) is 0 Å². The largest absolute Gasteiger partial charge is 0.396 e. The van der Waals surface area contributed by atoms with Gasteiger partial charge >= 0.3 is 0 Å². The molecule has 0 fully saturated rings. The van der Waals surface area contributed by atoms with E-state index in [0.717, 1.165) is 31.2 Å². The van der Waals surface area contributed by atoms with Gasteiger partial charge in [0.15, 0.2) is 0 Å². The molecule has 1 N–H and O–H groups in total. The van der Waals surface area contributed by atoms with Crippen molar-refractivity contribution in [2.45, 2.75) is 32.3 Å². The zero-order chi connectivity index (χ0) is 8.53. The first kappa shape index (κ1) is 11.4. The monoisotopic (exact) mass is 224 g/mol. The molecule has 0 aromatic heterocycles. The Morgan fingerprint density at radius 2 is 2.18 bits per heavy atom. The summed E-state index contributed by atoms with van der Waals surface area (Å²) in [6, 6.07) is 0. The fourth-order valence-corrected chi connectivity index (χ4v) is 1.18. The summed E-state index contributed by atoms with van der Waals surface area (Å²) in [4.78, 5) is 0. The molecule has 0 amide bonds. The minimum absolute atomic E-state index is 0.229. The molecule has 0 radical (unpaired) electrons. The van der Waals surface area contributed by atoms with E-state index in [1.54, 1.807) is 0 Å². The molecule has 2 nitrogen and oxygen atoms in total. The molecule has 1 atom stereocenters. The van der Waals surface area contributed by atoms with Gasteiger partial charge in [-0.15, -0.1) is 0 Å². The highest BCUT2D eigenvalue weighted by Crippen LogP contribution is 2.06. The van der Waals surface area contributed by atoms with Crippen molar-refractivity contribution in [3.05, 3.63) is 0 Å². The second-order valence-corrected chi connectivity index (χ2v) is 3.28. The van der Waals surface area contributed by atoms with Gasteiger partial charge in [-0.3, -0.25) is 0 Å². The summed E-state index contributed by atoms with van der Waals surface area (Å²) in [6.45, 7) is 3.10. The van der Waals surface area contributed by atoms with E-state index in [4.69, 9.17) is 9.84 Å². The minimum atomic E-state index is 0.229. The Morgan fingerprint density at radius 1 is 1.45 bits per heavy atom. The van der Waals surface area contributed by atoms with E-state index in [-0.39, 0.29) is 12.7 Å². The third kappa shape index (κ3) is 6.78. The molecular formula is C8H17BrO2. The fourth-order valence-electron chi connectivity index (χ4n) is 0.988. The molecule has 0 aliphatic carbocycles. The number of aliphatic hydroxyl groups excluding tert-OH is 1. The number of rotatable bonds is 7. The van der Waals surface area contributed by atoms with Gasteiger partial charge < -0.3 is 9.84 Å². The van der Waals surface area contributed by atoms with Crippen molar-refractivity contribution < 1.29 is 9.84 Å². The van der Waals surface area contributed by atoms with Crippen molar-refractivity contribution in [2.24, 2.45) is 0 Å². The van der Waals surface area contributed by atoms with E-state index in [0.29, 0.717) is 0 Å². The molecule has 0 aromatic rings. The lowest BCUT2D eigenvalue weighted by atomic mass is 10.1. The highest BCUT2D eigenvalue weighted by Gasteiger charge is 2.05. The molecule has 0 rings (SSSR count). The van der Waals surface area contributed by atoms with Gasteiger partial charge in [0.2, 0.25) is 0 Å². The van der Waals surface area contributed by atoms with Crippen molar-refractivity contribution in [1.82, 2.24) is 0 Å². The second-order valence-electron chi connectivity index (χ2n) is 2.48. The van der Waals surface area contributed by atoms with E-state index < -0.39 is 0 Å². The summed E-state index contributed by atoms with van der Waals surface area (Å²) in [7, 11) is 0. The van der Waals surface area contributed by atoms with E-state index in [9.17, 15) is 0 Å². The number of alkyl halides is 1. The van der Waals surface area contributed by atoms with Crippen molar-refractivity contribution >= 4 is 15.9 Å². The molecule has 0 heterocycles. The van der Waals surface area contributed by atoms with Crippen LogP contribution in [0.4, 0.5) is 0 Å². The fraction of sp³-hybridized carbons (Fsp3) is 1.00. The van der Waals surface area contributed by atoms with Crippen molar-refractivity contribution in [3.63, 3.8) is 0 Å². The van der Waals surface area contributed by atoms with Crippen molar-refractivity contribution in [3.8, 4) is 0 Å². The number of hydrogen-bond acceptors (Lipinski definition) is 2. The number of aliphatic hydroxyl groups is 1. The van der Waals surface area contributed by atoms with Crippen LogP contribution >= 0.6 is 15.9 Å². The molecule has 3 heteroatoms. The number of hydrogen-bond donors (Lipinski definition) is 1. The van der Waals surface area contributed by atoms with Crippen LogP contribution in [0, 0.1) is 0 Å². The van der Waals surface area contributed by atoms with E-state index in [1.807, 2.05) is 0 Å². The average molecular weight is 225 g/mol. The predicted molar refractivity (Wildman–Crippen MR) is 50.1 cm³/mol. The van der Waals surface area contributed by atoms with Crippen LogP contribution in [0.3, 0.4) is 0 Å². The molecule has 0 saturated carbocycles. The summed E-state index contributed by atoms with van der Waals surface area (Å²) in [5, 5.41) is 9.54. The lowest BCUT2D eigenvalue weighted by molar-refractivity contribution is 0.0400. The van der Waals surface area contributed by atoms with Crippen molar-refractivity contribution in [1.29, 1.82) is 0 Å². The first-order chi connectivity index (χ1) is 5.35. The van der Waals surface area contributed by atoms with E-state index in [2.05, 4.69) is 22.9 Å². The van der Waals surface area contributed by atoms with Crippen LogP contribution < -0.4 is 0 Å². The van der Waals surface area contributed by atoms with Crippen molar-refractivity contribution in [2.75, 3.05) is 18.5 Å². The van der Waals surface area contributed by atoms with Gasteiger partial charge in [0, 0.05) is 11.9 Å². The summed E-state index contributed by atoms with van der Waals surface area (Å²) in [5.41, 5.74) is 0. The van der Waals surface area contributed by atoms with E-state index in [1.165, 1.54) is 0 Å². The van der Waals surface area contributed by atoms with Gasteiger partial charge in [-0.05, 0) is 12.8 Å². The molecule has 0 aromatic carbocycles. The first-order valence-electron chi connectivity index (χ1n) is 4.13. The van der Waals surface area contributed by atoms with Crippen LogP contribution in [0.1, 0.15) is 26.2 Å². The molecule has 68 valence electrons. The molecule has 0 bridgehead atoms. The Morgan fingerprint density at radius 3 is 2.64 bits per heavy atom. The minimum Gasteiger partial charge on any atom is -0.396 e. The van der Waals surface area contributed by atoms with Crippen LogP contribution in [-0.4, -0.2) is 29.8 Å². The van der Waals surface area contributed by atoms with Crippen LogP contribution in [0.2, 0.25) is 0 Å². The van der Waals surface area contributed by atoms with Gasteiger partial charge in [0.1, 0.15) is 0 Å². The quantitative estimate of drug-likeness (QED) is 0.671. The third-order valence-electron chi connectivity index (χ3n) is 1.49. The maximum atomic E-state index is 8.67. The summed E-state index contributed by atoms with van der Waals surface area (Å²) < 4.78 is 5.47. The molecule has 11 heavy (non-hydrogen) atoms. The third-order valence-corrected chi connectivity index (χ3v) is 1.82. The van der Waals surface area contributed by atoms with Crippen LogP contribution in [-0.2, 0) is 4.74 Å². The van der Waals surface area contributed by atoms with Gasteiger partial charge in [0.25, 0.3) is 0 Å². The normalized spacial score (nSPS) is 13.4. The van der Waals surface area contributed by atoms with Gasteiger partial charge in [-0.2, -0.15) is 0 Å². The maximum absolute atomic E-state index is 8.67. The Kier molecular flexibility index (Phi) is 8.81. The lowest BCUT2D eigenvalue weighted by Crippen LogP contribution is -2.15. The highest BCUT2D eigenvalue weighted by molar-refractivity contribution is 9.09. The summed E-state index contributed by atoms with van der Waals surface area (Å²) in [6.07, 6.45) is 3.18. The summed E-state index contributed by atoms with van der Waals surface area (Å²) in [5.74, 6) is 0. The molecular weight excluding hydrogens is 208 g/mol. The van der Waals surface area contributed by atoms with E-state index >= 15 is 0 Å². The predicted octanol–water partition coefficient (Wildman–Crippen LogP) is 1.95. The zero-order valence-corrected chi connectivity index (χ0v) is 8.64. The Labute approximate surface area is 77.1 Å². The topological polar surface area (TPSA) is 29.5 Å². The van der Waals surface area contributed by atoms with Gasteiger partial charge in [0.05, 0.1) is 12.7 Å². The first-order valence-corrected chi connectivity index (χ1v) is 5.25. The SMILES string of the molecule is CCCC(CCO)OCCBr. The summed E-state index contributed by atoms with van der Waals surface area (Å²) >= 11 is 3.29. The van der Waals surface area contributed by atoms with Crippen LogP contribution in [0.25, 0.3) is 0 Å².